The molecule has 1 aromatic heterocycles. The fourth-order valence-electron chi connectivity index (χ4n) is 4.23. The first-order valence-corrected chi connectivity index (χ1v) is 10.5. The molecule has 5 heteroatoms. The van der Waals surface area contributed by atoms with Crippen molar-refractivity contribution < 1.29 is 9.90 Å². The standard InChI is InChI=1S/C26H29N3O2/c1-7-12-29-24(17-8-10-18(11-9-17)26(4,5)6)21-22(27-28-23(21)25(29)31)19-13-15(2)16(3)14-20(19)30/h7-11,13-14,24,30H,1,12H2,2-6H3,(H,27,28). The topological polar surface area (TPSA) is 69.2 Å². The Kier molecular flexibility index (Phi) is 5.00. The number of phenols is 1. The highest BCUT2D eigenvalue weighted by molar-refractivity contribution is 6.00. The van der Waals surface area contributed by atoms with Crippen LogP contribution in [0.15, 0.2) is 49.1 Å². The summed E-state index contributed by atoms with van der Waals surface area (Å²) in [6.07, 6.45) is 1.74. The van der Waals surface area contributed by atoms with Crippen LogP contribution in [-0.2, 0) is 5.41 Å². The highest BCUT2D eigenvalue weighted by Crippen LogP contribution is 2.45. The van der Waals surface area contributed by atoms with Gasteiger partial charge in [0, 0.05) is 17.7 Å². The number of carbonyl (C=O) groups is 1. The maximum atomic E-state index is 13.2. The lowest BCUT2D eigenvalue weighted by atomic mass is 9.85. The largest absolute Gasteiger partial charge is 0.507 e. The van der Waals surface area contributed by atoms with Crippen molar-refractivity contribution in [1.82, 2.24) is 15.1 Å². The molecule has 0 fully saturated rings. The minimum atomic E-state index is -0.302. The van der Waals surface area contributed by atoms with Gasteiger partial charge >= 0.3 is 0 Å². The minimum absolute atomic E-state index is 0.0437. The van der Waals surface area contributed by atoms with Crippen LogP contribution in [0.4, 0.5) is 0 Å². The number of aromatic amines is 1. The molecule has 0 saturated carbocycles. The van der Waals surface area contributed by atoms with Gasteiger partial charge < -0.3 is 10.0 Å². The normalized spacial score (nSPS) is 16.0. The second-order valence-corrected chi connectivity index (χ2v) is 9.34. The highest BCUT2D eigenvalue weighted by atomic mass is 16.3. The number of fused-ring (bicyclic) bond motifs is 1. The number of carbonyl (C=O) groups excluding carboxylic acids is 1. The molecule has 160 valence electrons. The van der Waals surface area contributed by atoms with E-state index < -0.39 is 0 Å². The Morgan fingerprint density at radius 3 is 2.42 bits per heavy atom. The van der Waals surface area contributed by atoms with Crippen molar-refractivity contribution in [2.75, 3.05) is 6.54 Å². The van der Waals surface area contributed by atoms with E-state index >= 15 is 0 Å². The van der Waals surface area contributed by atoms with Crippen molar-refractivity contribution in [3.8, 4) is 17.0 Å². The van der Waals surface area contributed by atoms with Gasteiger partial charge in [-0.1, -0.05) is 51.1 Å². The van der Waals surface area contributed by atoms with E-state index in [0.29, 0.717) is 23.5 Å². The van der Waals surface area contributed by atoms with Crippen molar-refractivity contribution in [1.29, 1.82) is 0 Å². The second kappa shape index (κ2) is 7.41. The third kappa shape index (κ3) is 3.44. The van der Waals surface area contributed by atoms with Crippen LogP contribution in [0, 0.1) is 13.8 Å². The lowest BCUT2D eigenvalue weighted by Crippen LogP contribution is -2.29. The van der Waals surface area contributed by atoms with Gasteiger partial charge in [-0.3, -0.25) is 9.89 Å². The predicted molar refractivity (Wildman–Crippen MR) is 123 cm³/mol. The summed E-state index contributed by atoms with van der Waals surface area (Å²) in [4.78, 5) is 15.0. The van der Waals surface area contributed by atoms with E-state index in [9.17, 15) is 9.90 Å². The lowest BCUT2D eigenvalue weighted by Gasteiger charge is -2.26. The Balaban J connectivity index is 1.89. The summed E-state index contributed by atoms with van der Waals surface area (Å²) < 4.78 is 0. The van der Waals surface area contributed by atoms with E-state index in [-0.39, 0.29) is 23.1 Å². The number of H-pyrrole nitrogens is 1. The van der Waals surface area contributed by atoms with E-state index in [1.54, 1.807) is 17.0 Å². The molecule has 1 amide bonds. The van der Waals surface area contributed by atoms with Crippen LogP contribution >= 0.6 is 0 Å². The van der Waals surface area contributed by atoms with E-state index in [1.165, 1.54) is 5.56 Å². The maximum absolute atomic E-state index is 13.2. The molecule has 5 nitrogen and oxygen atoms in total. The molecule has 2 N–H and O–H groups in total. The third-order valence-corrected chi connectivity index (χ3v) is 6.15. The Morgan fingerprint density at radius 2 is 1.81 bits per heavy atom. The van der Waals surface area contributed by atoms with Crippen molar-refractivity contribution in [2.45, 2.75) is 46.1 Å². The van der Waals surface area contributed by atoms with Gasteiger partial charge in [-0.05, 0) is 53.6 Å². The van der Waals surface area contributed by atoms with Crippen LogP contribution in [0.2, 0.25) is 0 Å². The summed E-state index contributed by atoms with van der Waals surface area (Å²) in [5.74, 6) is 0.0516. The summed E-state index contributed by atoms with van der Waals surface area (Å²) in [5.41, 5.74) is 6.86. The molecule has 0 spiro atoms. The van der Waals surface area contributed by atoms with Crippen LogP contribution in [0.5, 0.6) is 5.75 Å². The second-order valence-electron chi connectivity index (χ2n) is 9.34. The molecule has 1 aliphatic heterocycles. The fourth-order valence-corrected chi connectivity index (χ4v) is 4.23. The van der Waals surface area contributed by atoms with Crippen molar-refractivity contribution in [3.05, 3.63) is 82.6 Å². The highest BCUT2D eigenvalue weighted by Gasteiger charge is 2.42. The number of hydrogen-bond acceptors (Lipinski definition) is 3. The molecule has 0 aliphatic carbocycles. The van der Waals surface area contributed by atoms with E-state index in [1.807, 2.05) is 19.9 Å². The summed E-state index contributed by atoms with van der Waals surface area (Å²) in [6.45, 7) is 14.8. The number of rotatable bonds is 4. The Hall–Kier alpha value is -3.34. The van der Waals surface area contributed by atoms with Crippen molar-refractivity contribution in [2.24, 2.45) is 0 Å². The summed E-state index contributed by atoms with van der Waals surface area (Å²) in [6, 6.07) is 11.8. The Bertz CT molecular complexity index is 1170. The fraction of sp³-hybridized carbons (Fsp3) is 0.308. The van der Waals surface area contributed by atoms with E-state index in [2.05, 4.69) is 61.8 Å². The smallest absolute Gasteiger partial charge is 0.273 e. The molecule has 0 bridgehead atoms. The first-order valence-electron chi connectivity index (χ1n) is 10.5. The Labute approximate surface area is 183 Å². The van der Waals surface area contributed by atoms with Gasteiger partial charge in [0.15, 0.2) is 0 Å². The number of aryl methyl sites for hydroxylation is 2. The first-order chi connectivity index (χ1) is 14.6. The van der Waals surface area contributed by atoms with Crippen LogP contribution < -0.4 is 0 Å². The lowest BCUT2D eigenvalue weighted by molar-refractivity contribution is 0.0764. The van der Waals surface area contributed by atoms with Gasteiger partial charge in [0.05, 0.1) is 6.04 Å². The van der Waals surface area contributed by atoms with Gasteiger partial charge in [-0.25, -0.2) is 0 Å². The maximum Gasteiger partial charge on any atom is 0.273 e. The molecule has 2 aromatic carbocycles. The number of benzene rings is 2. The van der Waals surface area contributed by atoms with Crippen LogP contribution in [0.25, 0.3) is 11.3 Å². The Morgan fingerprint density at radius 1 is 1.16 bits per heavy atom. The number of phenolic OH excluding ortho intramolecular Hbond substituents is 1. The van der Waals surface area contributed by atoms with Gasteiger partial charge in [-0.2, -0.15) is 5.10 Å². The molecule has 3 aromatic rings. The monoisotopic (exact) mass is 415 g/mol. The quantitative estimate of drug-likeness (QED) is 0.559. The summed E-state index contributed by atoms with van der Waals surface area (Å²) >= 11 is 0. The molecular weight excluding hydrogens is 386 g/mol. The summed E-state index contributed by atoms with van der Waals surface area (Å²) in [7, 11) is 0. The number of nitrogens with one attached hydrogen (secondary N) is 1. The zero-order valence-corrected chi connectivity index (χ0v) is 18.8. The van der Waals surface area contributed by atoms with E-state index in [0.717, 1.165) is 22.3 Å². The number of amides is 1. The SMILES string of the molecule is C=CCN1C(=O)c2[nH]nc(-c3cc(C)c(C)cc3O)c2C1c1ccc(C(C)(C)C)cc1. The number of aromatic nitrogens is 2. The number of hydrogen-bond donors (Lipinski definition) is 2. The van der Waals surface area contributed by atoms with Crippen molar-refractivity contribution >= 4 is 5.91 Å². The van der Waals surface area contributed by atoms with Crippen LogP contribution in [0.1, 0.15) is 65.1 Å². The average Bonchev–Trinajstić information content (AvgIpc) is 3.24. The summed E-state index contributed by atoms with van der Waals surface area (Å²) in [5, 5.41) is 18.1. The van der Waals surface area contributed by atoms with Gasteiger partial charge in [0.1, 0.15) is 17.1 Å². The van der Waals surface area contributed by atoms with Crippen LogP contribution in [0.3, 0.4) is 0 Å². The van der Waals surface area contributed by atoms with Gasteiger partial charge in [0.25, 0.3) is 5.91 Å². The zero-order chi connectivity index (χ0) is 22.5. The minimum Gasteiger partial charge on any atom is -0.507 e. The number of nitrogens with zero attached hydrogens (tertiary/aromatic N) is 2. The first kappa shape index (κ1) is 20.9. The molecule has 0 saturated heterocycles. The van der Waals surface area contributed by atoms with Gasteiger partial charge in [-0.15, -0.1) is 6.58 Å². The average molecular weight is 416 g/mol. The predicted octanol–water partition coefficient (Wildman–Crippen LogP) is 5.43. The molecule has 1 atom stereocenters. The third-order valence-electron chi connectivity index (χ3n) is 6.15. The molecular formula is C26H29N3O2. The molecule has 31 heavy (non-hydrogen) atoms. The van der Waals surface area contributed by atoms with Gasteiger partial charge in [0.2, 0.25) is 0 Å². The molecule has 2 heterocycles. The van der Waals surface area contributed by atoms with E-state index in [4.69, 9.17) is 0 Å². The number of aromatic hydroxyl groups is 1. The molecule has 1 unspecified atom stereocenters. The molecule has 0 radical (unpaired) electrons. The van der Waals surface area contributed by atoms with Crippen molar-refractivity contribution in [3.63, 3.8) is 0 Å². The zero-order valence-electron chi connectivity index (χ0n) is 18.8. The molecule has 1 aliphatic rings. The van der Waals surface area contributed by atoms with Crippen LogP contribution in [-0.4, -0.2) is 32.7 Å². The molecule has 4 rings (SSSR count).